The van der Waals surface area contributed by atoms with Crippen LogP contribution in [-0.4, -0.2) is 26.0 Å². The largest absolute Gasteiger partial charge is 0.326 e. The molecule has 0 spiro atoms. The zero-order valence-electron chi connectivity index (χ0n) is 14.1. The number of hydrogen-bond donors (Lipinski definition) is 2. The van der Waals surface area contributed by atoms with Crippen LogP contribution in [0.5, 0.6) is 0 Å². The van der Waals surface area contributed by atoms with Gasteiger partial charge in [0.1, 0.15) is 0 Å². The van der Waals surface area contributed by atoms with E-state index in [1.165, 1.54) is 31.2 Å². The van der Waals surface area contributed by atoms with Gasteiger partial charge in [-0.25, -0.2) is 8.42 Å². The summed E-state index contributed by atoms with van der Waals surface area (Å²) >= 11 is 0. The van der Waals surface area contributed by atoms with E-state index in [0.717, 1.165) is 5.56 Å². The van der Waals surface area contributed by atoms with E-state index in [1.807, 2.05) is 19.1 Å². The molecule has 0 heterocycles. The van der Waals surface area contributed by atoms with Gasteiger partial charge in [0, 0.05) is 24.7 Å². The quantitative estimate of drug-likeness (QED) is 0.828. The summed E-state index contributed by atoms with van der Waals surface area (Å²) in [6.45, 7) is 3.31. The molecule has 0 atom stereocenters. The third-order valence-corrected chi connectivity index (χ3v) is 5.20. The summed E-state index contributed by atoms with van der Waals surface area (Å²) in [4.78, 5) is 23.0. The van der Waals surface area contributed by atoms with Crippen molar-refractivity contribution in [3.05, 3.63) is 54.1 Å². The van der Waals surface area contributed by atoms with Crippen molar-refractivity contribution in [2.45, 2.75) is 25.2 Å². The molecule has 0 radical (unpaired) electrons. The van der Waals surface area contributed by atoms with E-state index in [0.29, 0.717) is 11.4 Å². The van der Waals surface area contributed by atoms with Crippen LogP contribution in [0.15, 0.2) is 53.4 Å². The normalized spacial score (nSPS) is 11.0. The molecule has 0 unspecified atom stereocenters. The number of carbonyl (C=O) groups is 2. The van der Waals surface area contributed by atoms with Crippen LogP contribution < -0.4 is 10.6 Å². The van der Waals surface area contributed by atoms with Gasteiger partial charge in [0.2, 0.25) is 11.8 Å². The molecule has 0 fully saturated rings. The van der Waals surface area contributed by atoms with Crippen LogP contribution in [0.25, 0.3) is 0 Å². The first-order chi connectivity index (χ1) is 11.8. The van der Waals surface area contributed by atoms with Gasteiger partial charge in [-0.15, -0.1) is 0 Å². The summed E-state index contributed by atoms with van der Waals surface area (Å²) in [7, 11) is -3.57. The van der Waals surface area contributed by atoms with Crippen LogP contribution in [0.2, 0.25) is 0 Å². The molecule has 25 heavy (non-hydrogen) atoms. The lowest BCUT2D eigenvalue weighted by Gasteiger charge is -2.08. The van der Waals surface area contributed by atoms with Crippen LogP contribution in [0, 0.1) is 6.92 Å². The molecule has 7 heteroatoms. The van der Waals surface area contributed by atoms with Gasteiger partial charge in [-0.05, 0) is 43.3 Å². The summed E-state index contributed by atoms with van der Waals surface area (Å²) in [6, 6.07) is 13.1. The lowest BCUT2D eigenvalue weighted by atomic mass is 10.2. The Labute approximate surface area is 147 Å². The summed E-state index contributed by atoms with van der Waals surface area (Å²) in [5.74, 6) is -0.879. The minimum atomic E-state index is -3.57. The molecular formula is C18H20N2O4S. The van der Waals surface area contributed by atoms with Crippen LogP contribution in [0.3, 0.4) is 0 Å². The first kappa shape index (κ1) is 18.7. The fraction of sp³-hybridized carbons (Fsp3) is 0.222. The van der Waals surface area contributed by atoms with E-state index in [2.05, 4.69) is 10.6 Å². The smallest absolute Gasteiger partial charge is 0.225 e. The minimum absolute atomic E-state index is 0.115. The molecule has 0 bridgehead atoms. The Bertz CT molecular complexity index is 857. The number of aryl methyl sites for hydroxylation is 1. The van der Waals surface area contributed by atoms with Gasteiger partial charge in [-0.2, -0.15) is 0 Å². The van der Waals surface area contributed by atoms with Gasteiger partial charge in [0.05, 0.1) is 10.6 Å². The highest BCUT2D eigenvalue weighted by Crippen LogP contribution is 2.16. The Morgan fingerprint density at radius 2 is 1.40 bits per heavy atom. The molecule has 2 N–H and O–H groups in total. The van der Waals surface area contributed by atoms with Crippen molar-refractivity contribution in [2.75, 3.05) is 16.4 Å². The maximum Gasteiger partial charge on any atom is 0.225 e. The zero-order valence-corrected chi connectivity index (χ0v) is 14.9. The van der Waals surface area contributed by atoms with E-state index in [4.69, 9.17) is 0 Å². The lowest BCUT2D eigenvalue weighted by Crippen LogP contribution is -2.17. The van der Waals surface area contributed by atoms with Crippen molar-refractivity contribution in [1.82, 2.24) is 0 Å². The van der Waals surface area contributed by atoms with Crippen molar-refractivity contribution in [3.63, 3.8) is 0 Å². The molecule has 0 aliphatic rings. The van der Waals surface area contributed by atoms with E-state index < -0.39 is 9.84 Å². The SMILES string of the molecule is CC(=O)Nc1ccc(S(=O)(=O)CCC(=O)Nc2ccc(C)cc2)cc1. The summed E-state index contributed by atoms with van der Waals surface area (Å²) < 4.78 is 24.6. The Morgan fingerprint density at radius 1 is 0.880 bits per heavy atom. The first-order valence-electron chi connectivity index (χ1n) is 7.73. The highest BCUT2D eigenvalue weighted by molar-refractivity contribution is 7.91. The maximum atomic E-state index is 12.3. The number of anilines is 2. The molecule has 2 aromatic rings. The second-order valence-electron chi connectivity index (χ2n) is 5.69. The van der Waals surface area contributed by atoms with Gasteiger partial charge >= 0.3 is 0 Å². The van der Waals surface area contributed by atoms with Gasteiger partial charge < -0.3 is 10.6 Å². The summed E-state index contributed by atoms with van der Waals surface area (Å²) in [5.41, 5.74) is 2.22. The standard InChI is InChI=1S/C18H20N2O4S/c1-13-3-5-16(6-4-13)20-18(22)11-12-25(23,24)17-9-7-15(8-10-17)19-14(2)21/h3-10H,11-12H2,1-2H3,(H,19,21)(H,20,22). The molecule has 0 aliphatic heterocycles. The average Bonchev–Trinajstić information content (AvgIpc) is 2.55. The van der Waals surface area contributed by atoms with Crippen molar-refractivity contribution < 1.29 is 18.0 Å². The Kier molecular flexibility index (Phi) is 5.93. The molecule has 0 aliphatic carbocycles. The van der Waals surface area contributed by atoms with Crippen molar-refractivity contribution >= 4 is 33.0 Å². The molecule has 0 aromatic heterocycles. The van der Waals surface area contributed by atoms with E-state index in [1.54, 1.807) is 12.1 Å². The monoisotopic (exact) mass is 360 g/mol. The molecular weight excluding hydrogens is 340 g/mol. The zero-order chi connectivity index (χ0) is 18.4. The second-order valence-corrected chi connectivity index (χ2v) is 7.80. The first-order valence-corrected chi connectivity index (χ1v) is 9.38. The second kappa shape index (κ2) is 7.94. The number of carbonyl (C=O) groups excluding carboxylic acids is 2. The summed E-state index contributed by atoms with van der Waals surface area (Å²) in [5, 5.41) is 5.24. The van der Waals surface area contributed by atoms with E-state index in [-0.39, 0.29) is 28.9 Å². The fourth-order valence-corrected chi connectivity index (χ4v) is 3.39. The minimum Gasteiger partial charge on any atom is -0.326 e. The Balaban J connectivity index is 1.95. The van der Waals surface area contributed by atoms with Crippen LogP contribution >= 0.6 is 0 Å². The average molecular weight is 360 g/mol. The number of rotatable bonds is 6. The number of benzene rings is 2. The van der Waals surface area contributed by atoms with E-state index >= 15 is 0 Å². The number of amides is 2. The van der Waals surface area contributed by atoms with Gasteiger partial charge in [0.15, 0.2) is 9.84 Å². The molecule has 2 aromatic carbocycles. The highest BCUT2D eigenvalue weighted by Gasteiger charge is 2.16. The van der Waals surface area contributed by atoms with Crippen molar-refractivity contribution in [2.24, 2.45) is 0 Å². The molecule has 2 rings (SSSR count). The Morgan fingerprint density at radius 3 is 1.96 bits per heavy atom. The van der Waals surface area contributed by atoms with Gasteiger partial charge in [-0.3, -0.25) is 9.59 Å². The predicted octanol–water partition coefficient (Wildman–Crippen LogP) is 2.76. The fourth-order valence-electron chi connectivity index (χ4n) is 2.15. The molecule has 6 nitrogen and oxygen atoms in total. The maximum absolute atomic E-state index is 12.3. The molecule has 132 valence electrons. The summed E-state index contributed by atoms with van der Waals surface area (Å²) in [6.07, 6.45) is -0.135. The molecule has 0 saturated carbocycles. The topological polar surface area (TPSA) is 92.3 Å². The van der Waals surface area contributed by atoms with Crippen LogP contribution in [0.1, 0.15) is 18.9 Å². The number of sulfone groups is 1. The third-order valence-electron chi connectivity index (χ3n) is 3.47. The third kappa shape index (κ3) is 5.72. The van der Waals surface area contributed by atoms with Gasteiger partial charge in [-0.1, -0.05) is 17.7 Å². The van der Waals surface area contributed by atoms with Crippen LogP contribution in [-0.2, 0) is 19.4 Å². The number of hydrogen-bond acceptors (Lipinski definition) is 4. The van der Waals surface area contributed by atoms with Crippen LogP contribution in [0.4, 0.5) is 11.4 Å². The highest BCUT2D eigenvalue weighted by atomic mass is 32.2. The Hall–Kier alpha value is -2.67. The predicted molar refractivity (Wildman–Crippen MR) is 97.2 cm³/mol. The lowest BCUT2D eigenvalue weighted by molar-refractivity contribution is -0.116. The molecule has 2 amide bonds. The van der Waals surface area contributed by atoms with Crippen molar-refractivity contribution in [3.8, 4) is 0 Å². The van der Waals surface area contributed by atoms with Crippen molar-refractivity contribution in [1.29, 1.82) is 0 Å². The molecule has 0 saturated heterocycles. The van der Waals surface area contributed by atoms with E-state index in [9.17, 15) is 18.0 Å². The number of nitrogens with one attached hydrogen (secondary N) is 2. The van der Waals surface area contributed by atoms with Gasteiger partial charge in [0.25, 0.3) is 0 Å².